The maximum atomic E-state index is 13.9. The smallest absolute Gasteiger partial charge is 0.416 e. The summed E-state index contributed by atoms with van der Waals surface area (Å²) in [5.41, 5.74) is 4.31. The van der Waals surface area contributed by atoms with E-state index in [-0.39, 0.29) is 116 Å². The van der Waals surface area contributed by atoms with Crippen LogP contribution in [0.25, 0.3) is 0 Å². The number of hydrogen-bond acceptors (Lipinski definition) is 14. The highest BCUT2D eigenvalue weighted by Gasteiger charge is 2.44. The van der Waals surface area contributed by atoms with Gasteiger partial charge in [-0.15, -0.1) is 0 Å². The largest absolute Gasteiger partial charge is 0.484 e. The molecule has 0 radical (unpaired) electrons. The second-order valence-electron chi connectivity index (χ2n) is 21.4. The zero-order chi connectivity index (χ0) is 60.5. The summed E-state index contributed by atoms with van der Waals surface area (Å²) in [7, 11) is 0.103. The fraction of sp³-hybridized carbons (Fsp3) is 0.559. The molecule has 83 heavy (non-hydrogen) atoms. The number of ether oxygens (including phenoxy) is 6. The van der Waals surface area contributed by atoms with Gasteiger partial charge < -0.3 is 48.9 Å². The first-order valence-corrected chi connectivity index (χ1v) is 31.9. The number of halogens is 5. The molecular weight excluding hydrogens is 1160 g/mol. The average Bonchev–Trinajstić information content (AvgIpc) is 4.20. The lowest BCUT2D eigenvalue weighted by atomic mass is 10.0. The molecule has 0 spiro atoms. The first kappa shape index (κ1) is 67.5. The molecule has 2 aliphatic carbocycles. The summed E-state index contributed by atoms with van der Waals surface area (Å²) in [6.45, 7) is 8.46. The van der Waals surface area contributed by atoms with Crippen molar-refractivity contribution in [3.05, 3.63) is 115 Å². The van der Waals surface area contributed by atoms with E-state index in [1.54, 1.807) is 44.1 Å². The number of sulfonamides is 1. The number of sulfone groups is 1. The van der Waals surface area contributed by atoms with Crippen molar-refractivity contribution in [2.24, 2.45) is 0 Å². The standard InChI is InChI=1S/C59H80Cl2F3N5O12S2/c1-39-31-42(60)34-49-47(39)37-52(68(4)5)56(49)80-55-18-16-46(33-41(55)3)83(74,75)67-21-25-79-29-26-76-22-11-14-44(70)13-9-8-10-19-65-58(71)66-20-24-78-28-27-77-23-12-30-82(72,73)45-15-17-54(40(2)32-45)81-57-50-35-43(61)36-51(59(62,63)64)48(50)38-53(57)69(6)7/h15-18,31-36,52-53,56-57,67H,8-14,19-30,37-38H2,1-7H3,(H2,65,66,71)/t52-,53-,56-,57-/m0/s1. The van der Waals surface area contributed by atoms with Crippen LogP contribution in [0.15, 0.2) is 70.5 Å². The minimum atomic E-state index is -4.59. The number of carbonyl (C=O) groups excluding carboxylic acids is 2. The Morgan fingerprint density at radius 3 is 1.67 bits per heavy atom. The van der Waals surface area contributed by atoms with Gasteiger partial charge in [0.15, 0.2) is 9.84 Å². The number of urea groups is 1. The third-order valence-electron chi connectivity index (χ3n) is 14.6. The lowest BCUT2D eigenvalue weighted by molar-refractivity contribution is -0.138. The average molecular weight is 1240 g/mol. The first-order chi connectivity index (χ1) is 39.4. The van der Waals surface area contributed by atoms with Gasteiger partial charge in [0, 0.05) is 55.7 Å². The second-order valence-corrected chi connectivity index (χ2v) is 26.1. The van der Waals surface area contributed by atoms with Crippen LogP contribution in [0, 0.1) is 20.8 Å². The molecule has 17 nitrogen and oxygen atoms in total. The molecule has 6 rings (SSSR count). The van der Waals surface area contributed by atoms with Gasteiger partial charge in [-0.2, -0.15) is 13.2 Å². The van der Waals surface area contributed by atoms with Crippen LogP contribution in [0.1, 0.15) is 102 Å². The summed E-state index contributed by atoms with van der Waals surface area (Å²) in [6, 6.07) is 15.0. The number of fused-ring (bicyclic) bond motifs is 2. The van der Waals surface area contributed by atoms with Gasteiger partial charge in [-0.3, -0.25) is 4.79 Å². The van der Waals surface area contributed by atoms with Crippen LogP contribution in [-0.2, 0) is 62.6 Å². The van der Waals surface area contributed by atoms with Gasteiger partial charge in [-0.1, -0.05) is 29.6 Å². The number of amides is 2. The number of nitrogens with zero attached hydrogens (tertiary/aromatic N) is 2. The summed E-state index contributed by atoms with van der Waals surface area (Å²) in [5.74, 6) is 0.941. The van der Waals surface area contributed by atoms with E-state index in [2.05, 4.69) is 27.2 Å². The molecule has 0 aromatic heterocycles. The van der Waals surface area contributed by atoms with E-state index >= 15 is 0 Å². The Hall–Kier alpha value is -4.59. The van der Waals surface area contributed by atoms with Crippen molar-refractivity contribution in [1.82, 2.24) is 25.2 Å². The highest BCUT2D eigenvalue weighted by molar-refractivity contribution is 7.91. The van der Waals surface area contributed by atoms with Crippen LogP contribution >= 0.6 is 23.2 Å². The van der Waals surface area contributed by atoms with Crippen molar-refractivity contribution < 1.29 is 68.0 Å². The van der Waals surface area contributed by atoms with E-state index in [0.717, 1.165) is 36.5 Å². The number of Topliss-reactive ketones (excluding diaryl/α,β-unsaturated/α-hetero) is 1. The molecule has 0 unspecified atom stereocenters. The quantitative estimate of drug-likeness (QED) is 0.0368. The topological polar surface area (TPSA) is 200 Å². The maximum absolute atomic E-state index is 13.9. The molecule has 4 aromatic rings. The molecule has 3 N–H and O–H groups in total. The number of carbonyl (C=O) groups is 2. The predicted molar refractivity (Wildman–Crippen MR) is 313 cm³/mol. The number of aryl methyl sites for hydroxylation is 3. The number of ketones is 1. The van der Waals surface area contributed by atoms with Crippen LogP contribution in [-0.4, -0.2) is 157 Å². The van der Waals surface area contributed by atoms with E-state index in [4.69, 9.17) is 51.6 Å². The lowest BCUT2D eigenvalue weighted by Gasteiger charge is -2.28. The molecule has 24 heteroatoms. The minimum absolute atomic E-state index is 0.0453. The van der Waals surface area contributed by atoms with Gasteiger partial charge in [0.1, 0.15) is 29.5 Å². The van der Waals surface area contributed by atoms with E-state index in [1.165, 1.54) is 29.8 Å². The van der Waals surface area contributed by atoms with Gasteiger partial charge >= 0.3 is 12.2 Å². The van der Waals surface area contributed by atoms with Crippen LogP contribution < -0.4 is 24.8 Å². The van der Waals surface area contributed by atoms with Gasteiger partial charge in [-0.05, 0) is 187 Å². The minimum Gasteiger partial charge on any atom is -0.484 e. The Morgan fingerprint density at radius 1 is 0.578 bits per heavy atom. The van der Waals surface area contributed by atoms with Crippen molar-refractivity contribution in [3.8, 4) is 11.5 Å². The summed E-state index contributed by atoms with van der Waals surface area (Å²) in [6.07, 6.45) is -0.775. The zero-order valence-electron chi connectivity index (χ0n) is 48.4. The maximum Gasteiger partial charge on any atom is 0.416 e. The number of nitrogens with one attached hydrogen (secondary N) is 3. The molecular formula is C59H80Cl2F3N5O12S2. The number of benzene rings is 4. The third-order valence-corrected chi connectivity index (χ3v) is 18.3. The molecule has 0 heterocycles. The molecule has 0 bridgehead atoms. The molecule has 0 saturated heterocycles. The van der Waals surface area contributed by atoms with Crippen LogP contribution in [0.5, 0.6) is 11.5 Å². The van der Waals surface area contributed by atoms with Gasteiger partial charge in [0.05, 0.1) is 72.8 Å². The molecule has 0 saturated carbocycles. The Balaban J connectivity index is 0.718. The molecule has 2 aliphatic rings. The van der Waals surface area contributed by atoms with Gasteiger partial charge in [0.25, 0.3) is 0 Å². The molecule has 0 aliphatic heterocycles. The molecule has 4 aromatic carbocycles. The summed E-state index contributed by atoms with van der Waals surface area (Å²) >= 11 is 12.5. The zero-order valence-corrected chi connectivity index (χ0v) is 51.6. The van der Waals surface area contributed by atoms with Crippen molar-refractivity contribution in [3.63, 3.8) is 0 Å². The summed E-state index contributed by atoms with van der Waals surface area (Å²) in [4.78, 5) is 28.7. The molecule has 0 fully saturated rings. The molecule has 460 valence electrons. The Kier molecular flexibility index (Phi) is 25.8. The summed E-state index contributed by atoms with van der Waals surface area (Å²) in [5, 5.41) is 6.12. The Morgan fingerprint density at radius 2 is 1.08 bits per heavy atom. The van der Waals surface area contributed by atoms with E-state index < -0.39 is 43.7 Å². The normalized spacial score (nSPS) is 17.0. The van der Waals surface area contributed by atoms with Crippen molar-refractivity contribution in [2.45, 2.75) is 119 Å². The number of likely N-dealkylation sites (N-methyl/N-ethyl adjacent to an activating group) is 2. The van der Waals surface area contributed by atoms with E-state index in [0.29, 0.717) is 78.7 Å². The SMILES string of the molecule is Cc1cc(S(=O)(=O)NCCOCCOCCCC(=O)CCCCCNC(=O)NCCOCCOCCCS(=O)(=O)c2ccc(O[C@H]3c4cc(Cl)cc(C(F)(F)F)c4C[C@@H]3N(C)C)c(C)c2)ccc1O[C@H]1c2cc(Cl)cc(C)c2C[C@@H]1N(C)C. The fourth-order valence-electron chi connectivity index (χ4n) is 10.2. The van der Waals surface area contributed by atoms with Crippen LogP contribution in [0.3, 0.4) is 0 Å². The first-order valence-electron chi connectivity index (χ1n) is 28.0. The van der Waals surface area contributed by atoms with Crippen LogP contribution in [0.4, 0.5) is 18.0 Å². The van der Waals surface area contributed by atoms with Gasteiger partial charge in [0.2, 0.25) is 10.0 Å². The number of alkyl halides is 3. The third kappa shape index (κ3) is 20.0. The fourth-order valence-corrected chi connectivity index (χ4v) is 13.1. The number of hydrogen-bond donors (Lipinski definition) is 3. The monoisotopic (exact) mass is 1240 g/mol. The van der Waals surface area contributed by atoms with Crippen molar-refractivity contribution in [1.29, 1.82) is 0 Å². The Bertz CT molecular complexity index is 3050. The van der Waals surface area contributed by atoms with E-state index in [1.807, 2.05) is 33.2 Å². The summed E-state index contributed by atoms with van der Waals surface area (Å²) < 4.78 is 132. The van der Waals surface area contributed by atoms with Crippen molar-refractivity contribution >= 4 is 54.9 Å². The highest BCUT2D eigenvalue weighted by atomic mass is 35.5. The highest BCUT2D eigenvalue weighted by Crippen LogP contribution is 2.46. The number of unbranched alkanes of at least 4 members (excludes halogenated alkanes) is 2. The van der Waals surface area contributed by atoms with Crippen LogP contribution in [0.2, 0.25) is 10.0 Å². The molecule has 4 atom stereocenters. The van der Waals surface area contributed by atoms with Crippen molar-refractivity contribution in [2.75, 3.05) is 106 Å². The molecule has 2 amide bonds. The lowest BCUT2D eigenvalue weighted by Crippen LogP contribution is -2.37. The Labute approximate surface area is 497 Å². The van der Waals surface area contributed by atoms with Gasteiger partial charge in [-0.25, -0.2) is 26.4 Å². The van der Waals surface area contributed by atoms with E-state index in [9.17, 15) is 39.6 Å². The second kappa shape index (κ2) is 31.7. The predicted octanol–water partition coefficient (Wildman–Crippen LogP) is 9.57. The number of rotatable bonds is 35.